The molecule has 0 bridgehead atoms. The molecule has 2 rings (SSSR count). The standard InChI is InChI=1S/C19H30N2O6/c1-11(21-17(23)13-7-3-5-9-15(13)19(26)27)10-20-16(22)12-6-2-4-8-14(12)18(24)25/h11-15H,2-10H2,1H3,(H,20,22)(H,21,23)(H,24,25)(H,26,27)/t11-,12-,13-,14+,15+/m0/s1. The number of carboxylic acid groups (broad SMARTS) is 2. The summed E-state index contributed by atoms with van der Waals surface area (Å²) >= 11 is 0. The van der Waals surface area contributed by atoms with Gasteiger partial charge in [0.2, 0.25) is 11.8 Å². The van der Waals surface area contributed by atoms with Crippen molar-refractivity contribution in [3.8, 4) is 0 Å². The van der Waals surface area contributed by atoms with Gasteiger partial charge in [0.1, 0.15) is 0 Å². The molecule has 2 aliphatic rings. The molecular formula is C19H30N2O6. The third-order valence-corrected chi connectivity index (χ3v) is 5.81. The summed E-state index contributed by atoms with van der Waals surface area (Å²) in [6.07, 6.45) is 5.46. The monoisotopic (exact) mass is 382 g/mol. The zero-order chi connectivity index (χ0) is 20.0. The summed E-state index contributed by atoms with van der Waals surface area (Å²) < 4.78 is 0. The van der Waals surface area contributed by atoms with Gasteiger partial charge in [0.05, 0.1) is 23.7 Å². The Kier molecular flexibility index (Phi) is 7.62. The fraction of sp³-hybridized carbons (Fsp3) is 0.789. The zero-order valence-corrected chi connectivity index (χ0v) is 15.8. The van der Waals surface area contributed by atoms with Crippen LogP contribution in [0.2, 0.25) is 0 Å². The molecule has 152 valence electrons. The molecule has 8 heteroatoms. The quantitative estimate of drug-likeness (QED) is 0.526. The summed E-state index contributed by atoms with van der Waals surface area (Å²) in [5.41, 5.74) is 0. The molecule has 0 saturated heterocycles. The highest BCUT2D eigenvalue weighted by molar-refractivity contribution is 5.86. The number of carboxylic acids is 2. The highest BCUT2D eigenvalue weighted by atomic mass is 16.4. The number of carbonyl (C=O) groups excluding carboxylic acids is 2. The lowest BCUT2D eigenvalue weighted by molar-refractivity contribution is -0.149. The predicted octanol–water partition coefficient (Wildman–Crippen LogP) is 1.39. The molecule has 5 atom stereocenters. The number of hydrogen-bond donors (Lipinski definition) is 4. The fourth-order valence-electron chi connectivity index (χ4n) is 4.27. The van der Waals surface area contributed by atoms with Crippen molar-refractivity contribution in [3.05, 3.63) is 0 Å². The molecule has 2 amide bonds. The molecule has 8 nitrogen and oxygen atoms in total. The van der Waals surface area contributed by atoms with E-state index in [1.807, 2.05) is 0 Å². The van der Waals surface area contributed by atoms with Crippen molar-refractivity contribution in [3.63, 3.8) is 0 Å². The van der Waals surface area contributed by atoms with Crippen LogP contribution in [0.5, 0.6) is 0 Å². The number of aliphatic carboxylic acids is 2. The maximum atomic E-state index is 12.4. The summed E-state index contributed by atoms with van der Waals surface area (Å²) in [5, 5.41) is 24.1. The molecule has 4 N–H and O–H groups in total. The Hall–Kier alpha value is -2.12. The van der Waals surface area contributed by atoms with E-state index in [1.54, 1.807) is 6.92 Å². The van der Waals surface area contributed by atoms with E-state index in [1.165, 1.54) is 0 Å². The molecule has 2 fully saturated rings. The van der Waals surface area contributed by atoms with Gasteiger partial charge in [-0.25, -0.2) is 0 Å². The number of amides is 2. The van der Waals surface area contributed by atoms with Gasteiger partial charge < -0.3 is 20.8 Å². The highest BCUT2D eigenvalue weighted by Crippen LogP contribution is 2.31. The van der Waals surface area contributed by atoms with E-state index in [4.69, 9.17) is 0 Å². The van der Waals surface area contributed by atoms with Gasteiger partial charge in [0.25, 0.3) is 0 Å². The van der Waals surface area contributed by atoms with Crippen LogP contribution in [-0.2, 0) is 19.2 Å². The zero-order valence-electron chi connectivity index (χ0n) is 15.8. The van der Waals surface area contributed by atoms with E-state index < -0.39 is 35.6 Å². The van der Waals surface area contributed by atoms with Crippen LogP contribution in [0.3, 0.4) is 0 Å². The summed E-state index contributed by atoms with van der Waals surface area (Å²) in [6, 6.07) is -0.357. The Balaban J connectivity index is 1.83. The first-order valence-corrected chi connectivity index (χ1v) is 9.85. The van der Waals surface area contributed by atoms with Crippen molar-refractivity contribution in [2.24, 2.45) is 23.7 Å². The predicted molar refractivity (Wildman–Crippen MR) is 96.8 cm³/mol. The first-order valence-electron chi connectivity index (χ1n) is 9.85. The lowest BCUT2D eigenvalue weighted by Gasteiger charge is -2.30. The third kappa shape index (κ3) is 5.68. The molecule has 0 unspecified atom stereocenters. The Bertz CT molecular complexity index is 579. The van der Waals surface area contributed by atoms with E-state index in [0.29, 0.717) is 25.7 Å². The van der Waals surface area contributed by atoms with Gasteiger partial charge in [-0.1, -0.05) is 25.7 Å². The molecule has 0 heterocycles. The first kappa shape index (κ1) is 21.2. The largest absolute Gasteiger partial charge is 0.481 e. The summed E-state index contributed by atoms with van der Waals surface area (Å²) in [4.78, 5) is 47.5. The van der Waals surface area contributed by atoms with Crippen molar-refractivity contribution in [1.82, 2.24) is 10.6 Å². The number of nitrogens with one attached hydrogen (secondary N) is 2. The van der Waals surface area contributed by atoms with Gasteiger partial charge in [-0.15, -0.1) is 0 Å². The molecule has 0 aromatic heterocycles. The van der Waals surface area contributed by atoms with Crippen LogP contribution in [0.15, 0.2) is 0 Å². The Morgan fingerprint density at radius 3 is 1.63 bits per heavy atom. The van der Waals surface area contributed by atoms with Crippen LogP contribution in [0.4, 0.5) is 0 Å². The smallest absolute Gasteiger partial charge is 0.307 e. The Labute approximate surface area is 159 Å². The van der Waals surface area contributed by atoms with Crippen molar-refractivity contribution in [1.29, 1.82) is 0 Å². The van der Waals surface area contributed by atoms with E-state index >= 15 is 0 Å². The van der Waals surface area contributed by atoms with Crippen LogP contribution in [0.25, 0.3) is 0 Å². The average Bonchev–Trinajstić information content (AvgIpc) is 2.65. The van der Waals surface area contributed by atoms with Crippen LogP contribution < -0.4 is 10.6 Å². The SMILES string of the molecule is C[C@@H](CNC(=O)[C@H]1CCCC[C@H]1C(=O)O)NC(=O)[C@H]1CCCC[C@H]1C(=O)O. The second kappa shape index (κ2) is 9.71. The van der Waals surface area contributed by atoms with E-state index in [9.17, 15) is 29.4 Å². The van der Waals surface area contributed by atoms with Gasteiger partial charge in [0, 0.05) is 12.6 Å². The van der Waals surface area contributed by atoms with Crippen molar-refractivity contribution >= 4 is 23.8 Å². The van der Waals surface area contributed by atoms with Crippen molar-refractivity contribution < 1.29 is 29.4 Å². The summed E-state index contributed by atoms with van der Waals surface area (Å²) in [6.45, 7) is 1.93. The molecule has 0 spiro atoms. The average molecular weight is 382 g/mol. The molecule has 0 radical (unpaired) electrons. The molecular weight excluding hydrogens is 352 g/mol. The lowest BCUT2D eigenvalue weighted by Crippen LogP contribution is -2.48. The number of rotatable bonds is 7. The normalized spacial score (nSPS) is 29.4. The topological polar surface area (TPSA) is 133 Å². The van der Waals surface area contributed by atoms with Crippen LogP contribution in [0, 0.1) is 23.7 Å². The van der Waals surface area contributed by atoms with Gasteiger partial charge in [-0.3, -0.25) is 19.2 Å². The number of hydrogen-bond acceptors (Lipinski definition) is 4. The van der Waals surface area contributed by atoms with Gasteiger partial charge in [-0.05, 0) is 32.6 Å². The molecule has 0 aliphatic heterocycles. The summed E-state index contributed by atoms with van der Waals surface area (Å²) in [7, 11) is 0. The van der Waals surface area contributed by atoms with Crippen LogP contribution in [0.1, 0.15) is 58.3 Å². The van der Waals surface area contributed by atoms with Gasteiger partial charge in [-0.2, -0.15) is 0 Å². The molecule has 2 saturated carbocycles. The first-order chi connectivity index (χ1) is 12.8. The minimum Gasteiger partial charge on any atom is -0.481 e. The minimum absolute atomic E-state index is 0.192. The Morgan fingerprint density at radius 1 is 0.778 bits per heavy atom. The number of carbonyl (C=O) groups is 4. The Morgan fingerprint density at radius 2 is 1.19 bits per heavy atom. The highest BCUT2D eigenvalue weighted by Gasteiger charge is 2.37. The maximum Gasteiger partial charge on any atom is 0.307 e. The second-order valence-corrected chi connectivity index (χ2v) is 7.83. The van der Waals surface area contributed by atoms with E-state index in [0.717, 1.165) is 25.7 Å². The van der Waals surface area contributed by atoms with Crippen LogP contribution >= 0.6 is 0 Å². The van der Waals surface area contributed by atoms with Gasteiger partial charge >= 0.3 is 11.9 Å². The van der Waals surface area contributed by atoms with Crippen molar-refractivity contribution in [2.75, 3.05) is 6.54 Å². The maximum absolute atomic E-state index is 12.4. The molecule has 2 aliphatic carbocycles. The van der Waals surface area contributed by atoms with Gasteiger partial charge in [0.15, 0.2) is 0 Å². The third-order valence-electron chi connectivity index (χ3n) is 5.81. The lowest BCUT2D eigenvalue weighted by atomic mass is 9.78. The molecule has 0 aromatic carbocycles. The molecule has 27 heavy (non-hydrogen) atoms. The summed E-state index contributed by atoms with van der Waals surface area (Å²) in [5.74, 6) is -4.82. The van der Waals surface area contributed by atoms with E-state index in [2.05, 4.69) is 10.6 Å². The second-order valence-electron chi connectivity index (χ2n) is 7.83. The van der Waals surface area contributed by atoms with Crippen LogP contribution in [-0.4, -0.2) is 46.6 Å². The molecule has 0 aromatic rings. The van der Waals surface area contributed by atoms with E-state index in [-0.39, 0.29) is 24.4 Å². The minimum atomic E-state index is -0.937. The fourth-order valence-corrected chi connectivity index (χ4v) is 4.27. The van der Waals surface area contributed by atoms with Crippen molar-refractivity contribution in [2.45, 2.75) is 64.3 Å².